The lowest BCUT2D eigenvalue weighted by atomic mass is 10.2. The standard InChI is InChI=1S/C20H22FN3O7S/c1-29-17-7-6-14(12-18(17)32(27,28)24-8-10-30-11-9-24)20(26)23-22-19(25)13-31-16-5-3-2-4-15(16)21/h2-7,12H,8-11,13H2,1H3,(H,22,25)(H,23,26). The number of nitrogens with one attached hydrogen (secondary N) is 2. The molecule has 2 amide bonds. The van der Waals surface area contributed by atoms with Crippen molar-refractivity contribution in [1.29, 1.82) is 0 Å². The SMILES string of the molecule is COc1ccc(C(=O)NNC(=O)COc2ccccc2F)cc1S(=O)(=O)N1CCOCC1. The maximum absolute atomic E-state index is 13.5. The van der Waals surface area contributed by atoms with Gasteiger partial charge in [-0.25, -0.2) is 12.8 Å². The van der Waals surface area contributed by atoms with Crippen LogP contribution in [0.1, 0.15) is 10.4 Å². The van der Waals surface area contributed by atoms with Crippen molar-refractivity contribution in [2.45, 2.75) is 4.90 Å². The highest BCUT2D eigenvalue weighted by atomic mass is 32.2. The molecule has 0 radical (unpaired) electrons. The molecule has 0 spiro atoms. The van der Waals surface area contributed by atoms with Crippen LogP contribution < -0.4 is 20.3 Å². The van der Waals surface area contributed by atoms with Crippen LogP contribution in [0.4, 0.5) is 4.39 Å². The summed E-state index contributed by atoms with van der Waals surface area (Å²) in [7, 11) is -2.61. The predicted molar refractivity (Wildman–Crippen MR) is 110 cm³/mol. The normalized spacial score (nSPS) is 14.4. The zero-order chi connectivity index (χ0) is 23.1. The van der Waals surface area contributed by atoms with Crippen molar-refractivity contribution in [2.24, 2.45) is 0 Å². The van der Waals surface area contributed by atoms with E-state index in [1.54, 1.807) is 6.07 Å². The number of para-hydroxylation sites is 1. The molecule has 1 aliphatic rings. The van der Waals surface area contributed by atoms with Crippen LogP contribution in [-0.2, 0) is 19.6 Å². The van der Waals surface area contributed by atoms with Crippen LogP contribution in [0.15, 0.2) is 47.4 Å². The number of amides is 2. The zero-order valence-electron chi connectivity index (χ0n) is 17.2. The number of carbonyl (C=O) groups is 2. The number of sulfonamides is 1. The molecule has 32 heavy (non-hydrogen) atoms. The van der Waals surface area contributed by atoms with E-state index < -0.39 is 34.3 Å². The number of morpholine rings is 1. The van der Waals surface area contributed by atoms with Gasteiger partial charge in [0, 0.05) is 18.7 Å². The van der Waals surface area contributed by atoms with Gasteiger partial charge in [0.1, 0.15) is 10.6 Å². The summed E-state index contributed by atoms with van der Waals surface area (Å²) in [6, 6.07) is 9.44. The minimum Gasteiger partial charge on any atom is -0.495 e. The molecule has 0 unspecified atom stereocenters. The van der Waals surface area contributed by atoms with Gasteiger partial charge in [0.05, 0.1) is 20.3 Å². The third kappa shape index (κ3) is 5.52. The molecule has 1 heterocycles. The van der Waals surface area contributed by atoms with Gasteiger partial charge in [-0.05, 0) is 30.3 Å². The lowest BCUT2D eigenvalue weighted by Crippen LogP contribution is -2.44. The number of ether oxygens (including phenoxy) is 3. The largest absolute Gasteiger partial charge is 0.495 e. The Bertz CT molecular complexity index is 1090. The van der Waals surface area contributed by atoms with Crippen molar-refractivity contribution in [2.75, 3.05) is 40.0 Å². The van der Waals surface area contributed by atoms with Crippen LogP contribution in [0.3, 0.4) is 0 Å². The van der Waals surface area contributed by atoms with E-state index in [1.807, 2.05) is 0 Å². The fourth-order valence-electron chi connectivity index (χ4n) is 2.89. The average Bonchev–Trinajstić information content (AvgIpc) is 2.82. The second-order valence-electron chi connectivity index (χ2n) is 6.60. The molecule has 1 fully saturated rings. The average molecular weight is 467 g/mol. The molecule has 10 nitrogen and oxygen atoms in total. The maximum atomic E-state index is 13.5. The number of rotatable bonds is 7. The number of carbonyl (C=O) groups excluding carboxylic acids is 2. The van der Waals surface area contributed by atoms with Gasteiger partial charge in [-0.3, -0.25) is 20.4 Å². The summed E-state index contributed by atoms with van der Waals surface area (Å²) in [6.07, 6.45) is 0. The van der Waals surface area contributed by atoms with E-state index in [-0.39, 0.29) is 48.3 Å². The minimum atomic E-state index is -3.93. The summed E-state index contributed by atoms with van der Waals surface area (Å²) in [5.41, 5.74) is 4.27. The van der Waals surface area contributed by atoms with Crippen molar-refractivity contribution in [1.82, 2.24) is 15.2 Å². The Kier molecular flexibility index (Phi) is 7.62. The van der Waals surface area contributed by atoms with Crippen LogP contribution >= 0.6 is 0 Å². The summed E-state index contributed by atoms with van der Waals surface area (Å²) in [6.45, 7) is 0.353. The van der Waals surface area contributed by atoms with Crippen molar-refractivity contribution >= 4 is 21.8 Å². The van der Waals surface area contributed by atoms with Crippen molar-refractivity contribution in [3.05, 3.63) is 53.8 Å². The topological polar surface area (TPSA) is 123 Å². The van der Waals surface area contributed by atoms with Crippen LogP contribution in [0.2, 0.25) is 0 Å². The smallest absolute Gasteiger partial charge is 0.276 e. The molecule has 2 N–H and O–H groups in total. The van der Waals surface area contributed by atoms with Gasteiger partial charge in [-0.15, -0.1) is 0 Å². The molecule has 2 aromatic carbocycles. The molecule has 172 valence electrons. The highest BCUT2D eigenvalue weighted by Crippen LogP contribution is 2.28. The molecular weight excluding hydrogens is 445 g/mol. The number of hydrazine groups is 1. The van der Waals surface area contributed by atoms with Crippen molar-refractivity contribution in [3.8, 4) is 11.5 Å². The molecule has 2 aromatic rings. The molecule has 12 heteroatoms. The Morgan fingerprint density at radius 1 is 1.09 bits per heavy atom. The van der Waals surface area contributed by atoms with Gasteiger partial charge in [0.25, 0.3) is 11.8 Å². The second-order valence-corrected chi connectivity index (χ2v) is 8.51. The number of hydrogen-bond donors (Lipinski definition) is 2. The lowest BCUT2D eigenvalue weighted by Gasteiger charge is -2.26. The Morgan fingerprint density at radius 3 is 2.50 bits per heavy atom. The van der Waals surface area contributed by atoms with Gasteiger partial charge >= 0.3 is 0 Å². The second kappa shape index (κ2) is 10.4. The Labute approximate surface area is 184 Å². The molecule has 1 aliphatic heterocycles. The molecule has 1 saturated heterocycles. The highest BCUT2D eigenvalue weighted by Gasteiger charge is 2.30. The van der Waals surface area contributed by atoms with Crippen molar-refractivity contribution < 1.29 is 36.6 Å². The number of benzene rings is 2. The number of hydrogen-bond acceptors (Lipinski definition) is 7. The number of halogens is 1. The van der Waals surface area contributed by atoms with Crippen LogP contribution in [0.25, 0.3) is 0 Å². The van der Waals surface area contributed by atoms with E-state index in [0.717, 1.165) is 0 Å². The first-order valence-electron chi connectivity index (χ1n) is 9.55. The molecule has 0 aliphatic carbocycles. The first kappa shape index (κ1) is 23.4. The third-order valence-electron chi connectivity index (χ3n) is 4.52. The summed E-state index contributed by atoms with van der Waals surface area (Å²) >= 11 is 0. The van der Waals surface area contributed by atoms with Gasteiger partial charge in [0.2, 0.25) is 10.0 Å². The molecule has 0 bridgehead atoms. The van der Waals surface area contributed by atoms with Crippen molar-refractivity contribution in [3.63, 3.8) is 0 Å². The van der Waals surface area contributed by atoms with E-state index in [0.29, 0.717) is 0 Å². The molecule has 0 saturated carbocycles. The number of nitrogens with zero attached hydrogens (tertiary/aromatic N) is 1. The molecule has 0 aromatic heterocycles. The molecule has 0 atom stereocenters. The Morgan fingerprint density at radius 2 is 1.81 bits per heavy atom. The highest BCUT2D eigenvalue weighted by molar-refractivity contribution is 7.89. The molecular formula is C20H22FN3O7S. The summed E-state index contributed by atoms with van der Waals surface area (Å²) in [4.78, 5) is 24.1. The fourth-order valence-corrected chi connectivity index (χ4v) is 4.47. The predicted octanol–water partition coefficient (Wildman–Crippen LogP) is 0.695. The lowest BCUT2D eigenvalue weighted by molar-refractivity contribution is -0.123. The zero-order valence-corrected chi connectivity index (χ0v) is 18.0. The first-order valence-corrected chi connectivity index (χ1v) is 11.0. The Balaban J connectivity index is 1.65. The minimum absolute atomic E-state index is 0.0204. The van der Waals surface area contributed by atoms with Gasteiger partial charge < -0.3 is 14.2 Å². The molecule has 3 rings (SSSR count). The maximum Gasteiger partial charge on any atom is 0.276 e. The summed E-state index contributed by atoms with van der Waals surface area (Å²) in [5, 5.41) is 0. The quantitative estimate of drug-likeness (QED) is 0.575. The Hall–Kier alpha value is -3.22. The van der Waals surface area contributed by atoms with Crippen LogP contribution in [0, 0.1) is 5.82 Å². The summed E-state index contributed by atoms with van der Waals surface area (Å²) in [5.74, 6) is -2.16. The van der Waals surface area contributed by atoms with E-state index in [4.69, 9.17) is 14.2 Å². The fraction of sp³-hybridized carbons (Fsp3) is 0.300. The monoisotopic (exact) mass is 467 g/mol. The van der Waals surface area contributed by atoms with Crippen LogP contribution in [-0.4, -0.2) is 64.6 Å². The van der Waals surface area contributed by atoms with E-state index in [2.05, 4.69) is 10.9 Å². The van der Waals surface area contributed by atoms with Gasteiger partial charge in [0.15, 0.2) is 18.2 Å². The van der Waals surface area contributed by atoms with Gasteiger partial charge in [-0.2, -0.15) is 4.31 Å². The van der Waals surface area contributed by atoms with E-state index in [1.165, 1.54) is 47.8 Å². The third-order valence-corrected chi connectivity index (χ3v) is 6.44. The van der Waals surface area contributed by atoms with E-state index >= 15 is 0 Å². The number of methoxy groups -OCH3 is 1. The first-order chi connectivity index (χ1) is 15.3. The van der Waals surface area contributed by atoms with Crippen LogP contribution in [0.5, 0.6) is 11.5 Å². The van der Waals surface area contributed by atoms with Gasteiger partial charge in [-0.1, -0.05) is 12.1 Å². The van der Waals surface area contributed by atoms with E-state index in [9.17, 15) is 22.4 Å². The summed E-state index contributed by atoms with van der Waals surface area (Å²) < 4.78 is 56.1.